The lowest BCUT2D eigenvalue weighted by molar-refractivity contribution is -0.137. The van der Waals surface area contributed by atoms with Gasteiger partial charge in [0.05, 0.1) is 12.6 Å². The number of β-amino-alcohol motifs (C(OH)–C–C–N with tert-alkyl or cyclic N) is 1. The van der Waals surface area contributed by atoms with Gasteiger partial charge in [-0.1, -0.05) is 11.6 Å². The quantitative estimate of drug-likeness (QED) is 0.776. The molecule has 27 heavy (non-hydrogen) atoms. The van der Waals surface area contributed by atoms with Gasteiger partial charge in [0.1, 0.15) is 5.60 Å². The number of hydrogen-bond acceptors (Lipinski definition) is 5. The van der Waals surface area contributed by atoms with Crippen LogP contribution in [-0.2, 0) is 4.79 Å². The molecule has 2 saturated heterocycles. The molecule has 2 fully saturated rings. The van der Waals surface area contributed by atoms with Crippen molar-refractivity contribution >= 4 is 23.4 Å². The Bertz CT molecular complexity index is 691. The molecule has 0 unspecified atom stereocenters. The molecule has 2 aliphatic heterocycles. The molecular formula is C19H26ClN3O4. The molecule has 1 aromatic rings. The van der Waals surface area contributed by atoms with Crippen molar-refractivity contribution in [3.8, 4) is 0 Å². The van der Waals surface area contributed by atoms with Gasteiger partial charge in [-0.3, -0.25) is 14.5 Å². The zero-order chi connectivity index (χ0) is 19.6. The van der Waals surface area contributed by atoms with Crippen molar-refractivity contribution in [1.29, 1.82) is 0 Å². The number of likely N-dealkylation sites (tertiary alicyclic amines) is 1. The summed E-state index contributed by atoms with van der Waals surface area (Å²) in [5.74, 6) is -0.135. The van der Waals surface area contributed by atoms with Crippen LogP contribution in [0, 0.1) is 0 Å². The molecule has 0 saturated carbocycles. The fourth-order valence-electron chi connectivity index (χ4n) is 3.77. The minimum absolute atomic E-state index is 0.0470. The number of carbonyl (C=O) groups excluding carboxylic acids is 2. The highest BCUT2D eigenvalue weighted by Gasteiger charge is 2.44. The van der Waals surface area contributed by atoms with Crippen LogP contribution in [0.3, 0.4) is 0 Å². The molecule has 0 aromatic heterocycles. The summed E-state index contributed by atoms with van der Waals surface area (Å²) < 4.78 is 0. The minimum atomic E-state index is -1.39. The van der Waals surface area contributed by atoms with Gasteiger partial charge < -0.3 is 20.0 Å². The number of amides is 2. The molecule has 3 rings (SSSR count). The van der Waals surface area contributed by atoms with E-state index in [0.717, 1.165) is 0 Å². The summed E-state index contributed by atoms with van der Waals surface area (Å²) in [5, 5.41) is 22.1. The number of aliphatic hydroxyl groups is 2. The maximum atomic E-state index is 12.7. The second-order valence-electron chi connectivity index (χ2n) is 7.42. The maximum Gasteiger partial charge on any atom is 0.253 e. The van der Waals surface area contributed by atoms with E-state index >= 15 is 0 Å². The third-order valence-electron chi connectivity index (χ3n) is 5.45. The molecule has 0 bridgehead atoms. The molecule has 0 radical (unpaired) electrons. The van der Waals surface area contributed by atoms with E-state index in [2.05, 4.69) is 0 Å². The van der Waals surface area contributed by atoms with Crippen molar-refractivity contribution < 1.29 is 19.8 Å². The van der Waals surface area contributed by atoms with Crippen LogP contribution in [0.2, 0.25) is 5.02 Å². The summed E-state index contributed by atoms with van der Waals surface area (Å²) in [6.07, 6.45) is -0.568. The first-order valence-corrected chi connectivity index (χ1v) is 9.59. The Labute approximate surface area is 164 Å². The Morgan fingerprint density at radius 2 is 1.74 bits per heavy atom. The monoisotopic (exact) mass is 395 g/mol. The van der Waals surface area contributed by atoms with E-state index < -0.39 is 11.7 Å². The molecule has 148 valence electrons. The van der Waals surface area contributed by atoms with Gasteiger partial charge in [0, 0.05) is 56.8 Å². The number of nitrogens with zero attached hydrogens (tertiary/aromatic N) is 3. The first-order chi connectivity index (χ1) is 12.8. The second kappa shape index (κ2) is 8.14. The zero-order valence-corrected chi connectivity index (χ0v) is 16.2. The molecule has 0 aliphatic carbocycles. The lowest BCUT2D eigenvalue weighted by atomic mass is 9.88. The number of carbonyl (C=O) groups is 2. The number of halogens is 1. The molecule has 1 aromatic carbocycles. The Balaban J connectivity index is 1.64. The molecule has 7 nitrogen and oxygen atoms in total. The van der Waals surface area contributed by atoms with Crippen LogP contribution in [0.5, 0.6) is 0 Å². The number of rotatable bonds is 3. The summed E-state index contributed by atoms with van der Waals surface area (Å²) >= 11 is 5.88. The third-order valence-corrected chi connectivity index (χ3v) is 5.70. The number of piperidine rings is 1. The van der Waals surface area contributed by atoms with Crippen molar-refractivity contribution in [2.24, 2.45) is 0 Å². The van der Waals surface area contributed by atoms with E-state index in [4.69, 9.17) is 11.6 Å². The van der Waals surface area contributed by atoms with E-state index in [9.17, 15) is 19.8 Å². The highest BCUT2D eigenvalue weighted by atomic mass is 35.5. The van der Waals surface area contributed by atoms with Crippen LogP contribution in [-0.4, -0.2) is 94.2 Å². The van der Waals surface area contributed by atoms with Crippen molar-refractivity contribution in [3.63, 3.8) is 0 Å². The highest BCUT2D eigenvalue weighted by molar-refractivity contribution is 6.30. The van der Waals surface area contributed by atoms with Gasteiger partial charge in [-0.05, 0) is 30.7 Å². The van der Waals surface area contributed by atoms with E-state index in [1.54, 1.807) is 41.0 Å². The van der Waals surface area contributed by atoms with Gasteiger partial charge in [0.25, 0.3) is 5.91 Å². The van der Waals surface area contributed by atoms with Crippen molar-refractivity contribution in [1.82, 2.24) is 14.7 Å². The van der Waals surface area contributed by atoms with Crippen LogP contribution in [0.4, 0.5) is 0 Å². The third kappa shape index (κ3) is 4.60. The van der Waals surface area contributed by atoms with Gasteiger partial charge in [0.2, 0.25) is 5.91 Å². The summed E-state index contributed by atoms with van der Waals surface area (Å²) in [6, 6.07) is 6.65. The average molecular weight is 396 g/mol. The van der Waals surface area contributed by atoms with Gasteiger partial charge >= 0.3 is 0 Å². The number of piperazine rings is 1. The normalized spacial score (nSPS) is 26.9. The van der Waals surface area contributed by atoms with Crippen LogP contribution in [0.15, 0.2) is 24.3 Å². The Hall–Kier alpha value is -1.67. The molecule has 2 atom stereocenters. The van der Waals surface area contributed by atoms with Gasteiger partial charge in [-0.25, -0.2) is 0 Å². The molecule has 2 N–H and O–H groups in total. The SMILES string of the molecule is CC(=O)N1CCN(C[C@]2(O)CN(C(=O)c3ccc(Cl)cc3)CC[C@H]2O)CC1. The molecule has 2 aliphatic rings. The first kappa shape index (κ1) is 20.1. The van der Waals surface area contributed by atoms with Crippen LogP contribution >= 0.6 is 11.6 Å². The first-order valence-electron chi connectivity index (χ1n) is 9.22. The molecule has 2 heterocycles. The fraction of sp³-hybridized carbons (Fsp3) is 0.579. The van der Waals surface area contributed by atoms with Gasteiger partial charge in [-0.15, -0.1) is 0 Å². The predicted molar refractivity (Wildman–Crippen MR) is 102 cm³/mol. The van der Waals surface area contributed by atoms with Crippen molar-refractivity contribution in [3.05, 3.63) is 34.9 Å². The minimum Gasteiger partial charge on any atom is -0.390 e. The fourth-order valence-corrected chi connectivity index (χ4v) is 3.90. The Kier molecular flexibility index (Phi) is 6.05. The molecule has 8 heteroatoms. The van der Waals surface area contributed by atoms with Gasteiger partial charge in [-0.2, -0.15) is 0 Å². The van der Waals surface area contributed by atoms with E-state index in [1.165, 1.54) is 0 Å². The standard InChI is InChI=1S/C19H26ClN3O4/c1-14(24)22-10-8-21(9-11-22)12-19(27)13-23(7-6-17(19)25)18(26)15-2-4-16(20)5-3-15/h2-5,17,25,27H,6-13H2,1H3/t17-,19+/m1/s1. The molecule has 0 spiro atoms. The summed E-state index contributed by atoms with van der Waals surface area (Å²) in [7, 11) is 0. The number of aliphatic hydroxyl groups excluding tert-OH is 1. The smallest absolute Gasteiger partial charge is 0.253 e. The van der Waals surface area contributed by atoms with Crippen LogP contribution < -0.4 is 0 Å². The summed E-state index contributed by atoms with van der Waals surface area (Å²) in [4.78, 5) is 29.6. The number of benzene rings is 1. The topological polar surface area (TPSA) is 84.3 Å². The highest BCUT2D eigenvalue weighted by Crippen LogP contribution is 2.25. The predicted octanol–water partition coefficient (Wildman–Crippen LogP) is 0.442. The van der Waals surface area contributed by atoms with E-state index in [-0.39, 0.29) is 24.9 Å². The van der Waals surface area contributed by atoms with E-state index in [1.807, 2.05) is 4.90 Å². The zero-order valence-electron chi connectivity index (χ0n) is 15.5. The average Bonchev–Trinajstić information content (AvgIpc) is 2.64. The lowest BCUT2D eigenvalue weighted by Gasteiger charge is -2.46. The Morgan fingerprint density at radius 3 is 2.33 bits per heavy atom. The van der Waals surface area contributed by atoms with Crippen LogP contribution in [0.25, 0.3) is 0 Å². The van der Waals surface area contributed by atoms with E-state index in [0.29, 0.717) is 49.7 Å². The van der Waals surface area contributed by atoms with Crippen molar-refractivity contribution in [2.75, 3.05) is 45.8 Å². The summed E-state index contributed by atoms with van der Waals surface area (Å²) in [6.45, 7) is 4.77. The second-order valence-corrected chi connectivity index (χ2v) is 7.86. The van der Waals surface area contributed by atoms with Crippen molar-refractivity contribution in [2.45, 2.75) is 25.0 Å². The largest absolute Gasteiger partial charge is 0.390 e. The van der Waals surface area contributed by atoms with Gasteiger partial charge in [0.15, 0.2) is 0 Å². The Morgan fingerprint density at radius 1 is 1.11 bits per heavy atom. The van der Waals surface area contributed by atoms with Crippen LogP contribution in [0.1, 0.15) is 23.7 Å². The maximum absolute atomic E-state index is 12.7. The lowest BCUT2D eigenvalue weighted by Crippen LogP contribution is -2.64. The number of hydrogen-bond donors (Lipinski definition) is 2. The molecule has 2 amide bonds. The molecular weight excluding hydrogens is 370 g/mol. The summed E-state index contributed by atoms with van der Waals surface area (Å²) in [5.41, 5.74) is -0.883.